The molecule has 8 rings (SSSR count). The number of fused-ring (bicyclic) bond motifs is 2. The Morgan fingerprint density at radius 1 is 1.00 bits per heavy atom. The Balaban J connectivity index is 0.940. The van der Waals surface area contributed by atoms with Crippen molar-refractivity contribution in [3.8, 4) is 11.1 Å². The number of carbonyl (C=O) groups is 2. The number of carboxylic acid groups (broad SMARTS) is 1. The number of likely N-dealkylation sites (tertiary alicyclic amines) is 1. The van der Waals surface area contributed by atoms with Gasteiger partial charge in [-0.2, -0.15) is 0 Å². The second-order valence-electron chi connectivity index (χ2n) is 15.8. The van der Waals surface area contributed by atoms with Gasteiger partial charge in [0.2, 0.25) is 5.82 Å². The van der Waals surface area contributed by atoms with Crippen LogP contribution in [0, 0.1) is 18.8 Å². The molecule has 2 fully saturated rings. The van der Waals surface area contributed by atoms with Gasteiger partial charge in [0.05, 0.1) is 23.4 Å². The topological polar surface area (TPSA) is 140 Å². The molecule has 1 atom stereocenters. The van der Waals surface area contributed by atoms with Gasteiger partial charge in [-0.1, -0.05) is 24.3 Å². The average Bonchev–Trinajstić information content (AvgIpc) is 3.78. The second-order valence-corrected chi connectivity index (χ2v) is 16.1. The van der Waals surface area contributed by atoms with Crippen LogP contribution in [-0.2, 0) is 31.4 Å². The van der Waals surface area contributed by atoms with Gasteiger partial charge >= 0.3 is 11.9 Å². The molecule has 292 valence electrons. The fourth-order valence-electron chi connectivity index (χ4n) is 8.74. The van der Waals surface area contributed by atoms with Crippen LogP contribution in [0.2, 0.25) is 0 Å². The predicted molar refractivity (Wildman–Crippen MR) is 218 cm³/mol. The lowest BCUT2D eigenvalue weighted by Gasteiger charge is -2.30. The molecular formula is C43H49ClN8O4. The highest BCUT2D eigenvalue weighted by Crippen LogP contribution is 2.35. The summed E-state index contributed by atoms with van der Waals surface area (Å²) in [6, 6.07) is 17.8. The first-order valence-electron chi connectivity index (χ1n) is 19.7. The highest BCUT2D eigenvalue weighted by molar-refractivity contribution is 6.38. The van der Waals surface area contributed by atoms with E-state index in [1.165, 1.54) is 0 Å². The van der Waals surface area contributed by atoms with Crippen LogP contribution in [0.1, 0.15) is 71.7 Å². The van der Waals surface area contributed by atoms with Gasteiger partial charge in [0.25, 0.3) is 0 Å². The van der Waals surface area contributed by atoms with E-state index in [0.29, 0.717) is 36.3 Å². The maximum atomic E-state index is 13.9. The number of hydrogen-bond donors (Lipinski definition) is 3. The second kappa shape index (κ2) is 16.3. The molecule has 3 aliphatic rings. The Bertz CT molecular complexity index is 2250. The summed E-state index contributed by atoms with van der Waals surface area (Å²) in [5.41, 5.74) is 8.20. The van der Waals surface area contributed by atoms with Gasteiger partial charge in [0.15, 0.2) is 5.82 Å². The van der Waals surface area contributed by atoms with Crippen molar-refractivity contribution >= 4 is 51.7 Å². The van der Waals surface area contributed by atoms with Crippen LogP contribution in [0.4, 0.5) is 17.2 Å². The molecule has 1 unspecified atom stereocenters. The summed E-state index contributed by atoms with van der Waals surface area (Å²) in [5.74, 6) is 0.299. The molecule has 5 heterocycles. The number of aromatic nitrogens is 4. The Kier molecular flexibility index (Phi) is 11.1. The first-order valence-corrected chi connectivity index (χ1v) is 20.1. The lowest BCUT2D eigenvalue weighted by Crippen LogP contribution is -2.33. The van der Waals surface area contributed by atoms with Crippen LogP contribution in [0.15, 0.2) is 67.0 Å². The van der Waals surface area contributed by atoms with Crippen molar-refractivity contribution in [2.24, 2.45) is 18.9 Å². The molecule has 1 saturated carbocycles. The monoisotopic (exact) mass is 776 g/mol. The summed E-state index contributed by atoms with van der Waals surface area (Å²) in [6.45, 7) is 6.89. The van der Waals surface area contributed by atoms with Crippen LogP contribution in [0.25, 0.3) is 22.0 Å². The van der Waals surface area contributed by atoms with Crippen molar-refractivity contribution < 1.29 is 19.8 Å². The summed E-state index contributed by atoms with van der Waals surface area (Å²) in [6.07, 6.45) is 9.57. The number of aliphatic hydroxyl groups excluding tert-OH is 1. The number of aliphatic carboxylic acids is 1. The maximum Gasteiger partial charge on any atom is 0.308 e. The molecule has 5 aromatic rings. The number of halogens is 1. The zero-order chi connectivity index (χ0) is 38.9. The van der Waals surface area contributed by atoms with Crippen LogP contribution in [-0.4, -0.2) is 83.7 Å². The van der Waals surface area contributed by atoms with Crippen LogP contribution >= 0.6 is 11.8 Å². The zero-order valence-electron chi connectivity index (χ0n) is 32.0. The van der Waals surface area contributed by atoms with Gasteiger partial charge in [-0.15, -0.1) is 0 Å². The number of nitrogens with one attached hydrogen (secondary N) is 1. The summed E-state index contributed by atoms with van der Waals surface area (Å²) < 4.78 is 3.04. The number of amides is 1. The molecule has 12 nitrogen and oxygen atoms in total. The molecule has 2 aliphatic heterocycles. The minimum absolute atomic E-state index is 0.190. The summed E-state index contributed by atoms with van der Waals surface area (Å²) in [5, 5.41) is 23.8. The number of hydrogen-bond acceptors (Lipinski definition) is 9. The minimum Gasteiger partial charge on any atom is -0.481 e. The number of pyridine rings is 2. The van der Waals surface area contributed by atoms with E-state index >= 15 is 0 Å². The van der Waals surface area contributed by atoms with Gasteiger partial charge < -0.3 is 20.1 Å². The summed E-state index contributed by atoms with van der Waals surface area (Å²) in [7, 11) is 1.89. The van der Waals surface area contributed by atoms with E-state index in [4.69, 9.17) is 21.7 Å². The largest absolute Gasteiger partial charge is 0.481 e. The third-order valence-corrected chi connectivity index (χ3v) is 12.4. The Labute approximate surface area is 332 Å². The molecule has 0 radical (unpaired) electrons. The maximum absolute atomic E-state index is 13.9. The van der Waals surface area contributed by atoms with Crippen molar-refractivity contribution in [1.29, 1.82) is 0 Å². The van der Waals surface area contributed by atoms with Gasteiger partial charge in [0.1, 0.15) is 5.52 Å². The van der Waals surface area contributed by atoms with E-state index < -0.39 is 5.97 Å². The first kappa shape index (κ1) is 38.0. The molecule has 3 aromatic heterocycles. The number of rotatable bonds is 11. The van der Waals surface area contributed by atoms with Gasteiger partial charge in [-0.25, -0.2) is 14.4 Å². The molecule has 56 heavy (non-hydrogen) atoms. The first-order chi connectivity index (χ1) is 27.1. The Hall–Kier alpha value is -4.88. The molecule has 1 amide bonds. The lowest BCUT2D eigenvalue weighted by molar-refractivity contribution is -0.143. The average molecular weight is 777 g/mol. The number of aliphatic hydroxyl groups is 1. The van der Waals surface area contributed by atoms with E-state index in [1.54, 1.807) is 6.20 Å². The fraction of sp³-hybridized carbons (Fsp3) is 0.419. The predicted octanol–water partition coefficient (Wildman–Crippen LogP) is 7.09. The fourth-order valence-corrected chi connectivity index (χ4v) is 8.92. The Morgan fingerprint density at radius 3 is 2.61 bits per heavy atom. The number of benzene rings is 2. The van der Waals surface area contributed by atoms with E-state index in [1.807, 2.05) is 60.3 Å². The number of carbonyl (C=O) groups excluding carboxylic acids is 1. The van der Waals surface area contributed by atoms with E-state index in [2.05, 4.69) is 39.2 Å². The van der Waals surface area contributed by atoms with Crippen molar-refractivity contribution in [3.63, 3.8) is 0 Å². The molecule has 0 bridgehead atoms. The third-order valence-electron chi connectivity index (χ3n) is 12.0. The van der Waals surface area contributed by atoms with Crippen molar-refractivity contribution in [2.45, 2.75) is 71.1 Å². The van der Waals surface area contributed by atoms with E-state index in [-0.39, 0.29) is 17.9 Å². The quantitative estimate of drug-likeness (QED) is 0.119. The number of imidazole rings is 1. The van der Waals surface area contributed by atoms with Crippen molar-refractivity contribution in [3.05, 3.63) is 95.3 Å². The SMILES string of the molecule is Cc1c(Nc2nccc3cc(CN4CCC(O)C4)cnc23)cccc1-c1cccc(N(Cl)C(=O)c2nc3c(n2C)CCN(CCC2CCC(C(=O)O)CC2)C3)c1. The minimum atomic E-state index is -0.663. The lowest BCUT2D eigenvalue weighted by atomic mass is 9.80. The molecule has 0 spiro atoms. The third kappa shape index (κ3) is 8.02. The van der Waals surface area contributed by atoms with Gasteiger partial charge in [-0.3, -0.25) is 24.4 Å². The number of anilines is 3. The standard InChI is InChI=1S/C43H49ClN8O4/c1-27-35(7-4-8-36(27)47-40-39-32(13-17-45-40)21-29(23-46-39)24-51-19-15-34(53)25-51)31-5-3-6-33(22-31)52(44)42(54)41-48-37-26-50(20-16-38(37)49(41)2)18-14-28-9-11-30(12-10-28)43(55)56/h3-8,13,17,21-23,28,30,34,53H,9-12,14-16,18-20,24-26H2,1-2H3,(H,45,47)(H,55,56). The molecule has 3 N–H and O–H groups in total. The van der Waals surface area contributed by atoms with Crippen LogP contribution in [0.5, 0.6) is 0 Å². The number of β-amino-alcohol motifs (C(OH)–C–C–N with tert-alkyl or cyclic N) is 1. The van der Waals surface area contributed by atoms with E-state index in [0.717, 1.165) is 126 Å². The van der Waals surface area contributed by atoms with Crippen molar-refractivity contribution in [2.75, 3.05) is 35.9 Å². The molecule has 2 aromatic carbocycles. The van der Waals surface area contributed by atoms with Gasteiger partial charge in [-0.05, 0) is 110 Å². The van der Waals surface area contributed by atoms with Crippen LogP contribution < -0.4 is 9.74 Å². The highest BCUT2D eigenvalue weighted by atomic mass is 35.5. The molecular weight excluding hydrogens is 728 g/mol. The molecule has 1 aliphatic carbocycles. The molecule has 1 saturated heterocycles. The van der Waals surface area contributed by atoms with Gasteiger partial charge in [0, 0.05) is 87.1 Å². The van der Waals surface area contributed by atoms with Crippen LogP contribution in [0.3, 0.4) is 0 Å². The van der Waals surface area contributed by atoms with Crippen molar-refractivity contribution in [1.82, 2.24) is 29.3 Å². The Morgan fingerprint density at radius 2 is 1.82 bits per heavy atom. The normalized spacial score (nSPS) is 20.2. The highest BCUT2D eigenvalue weighted by Gasteiger charge is 2.30. The summed E-state index contributed by atoms with van der Waals surface area (Å²) in [4.78, 5) is 44.1. The van der Waals surface area contributed by atoms with E-state index in [9.17, 15) is 19.8 Å². The smallest absolute Gasteiger partial charge is 0.308 e. The number of nitrogens with zero attached hydrogens (tertiary/aromatic N) is 7. The summed E-state index contributed by atoms with van der Waals surface area (Å²) >= 11 is 6.82. The zero-order valence-corrected chi connectivity index (χ0v) is 32.8. The number of carboxylic acids is 1. The molecule has 13 heteroatoms.